The zero-order chi connectivity index (χ0) is 13.7. The van der Waals surface area contributed by atoms with Crippen LogP contribution in [-0.4, -0.2) is 22.5 Å². The van der Waals surface area contributed by atoms with Gasteiger partial charge >= 0.3 is 0 Å². The fourth-order valence-electron chi connectivity index (χ4n) is 1.42. The molecule has 0 radical (unpaired) electrons. The molecule has 2 rings (SSSR count). The van der Waals surface area contributed by atoms with E-state index >= 15 is 0 Å². The van der Waals surface area contributed by atoms with Crippen LogP contribution in [0.5, 0.6) is 5.75 Å². The maximum Gasteiger partial charge on any atom is 0.262 e. The fraction of sp³-hybridized carbons (Fsp3) is 0.273. The Morgan fingerprint density at radius 1 is 1.39 bits per heavy atom. The highest BCUT2D eigenvalue weighted by Crippen LogP contribution is 2.30. The number of alkyl halides is 2. The minimum atomic E-state index is -0.882. The highest BCUT2D eigenvalue weighted by atomic mass is 35.5. The molecule has 0 spiro atoms. The van der Waals surface area contributed by atoms with E-state index in [4.69, 9.17) is 51.1 Å². The minimum absolute atomic E-state index is 0.0321. The monoisotopic (exact) mass is 328 g/mol. The van der Waals surface area contributed by atoms with Crippen LogP contribution in [0.4, 0.5) is 0 Å². The first-order valence-corrected chi connectivity index (χ1v) is 6.62. The Kier molecular flexibility index (Phi) is 6.22. The van der Waals surface area contributed by atoms with E-state index < -0.39 is 11.3 Å². The molecule has 0 saturated carbocycles. The third kappa shape index (κ3) is 4.02. The molecule has 1 unspecified atom stereocenters. The van der Waals surface area contributed by atoms with Crippen LogP contribution in [0.1, 0.15) is 16.8 Å². The third-order valence-corrected chi connectivity index (χ3v) is 2.61. The Hall–Kier alpha value is -0.480. The predicted octanol–water partition coefficient (Wildman–Crippen LogP) is 3.86. The van der Waals surface area contributed by atoms with Crippen LogP contribution in [0, 0.1) is 0 Å². The molecule has 0 N–H and O–H groups in total. The van der Waals surface area contributed by atoms with Crippen LogP contribution in [0.25, 0.3) is 0 Å². The highest BCUT2D eigenvalue weighted by molar-refractivity contribution is 6.64. The third-order valence-electron chi connectivity index (χ3n) is 2.14. The average Bonchev–Trinajstić information content (AvgIpc) is 2.30. The number of hydrogen-bond donors (Lipinski definition) is 0. The molecule has 1 aliphatic rings. The van der Waals surface area contributed by atoms with Crippen LogP contribution in [0.3, 0.4) is 0 Å². The number of fused-ring (bicyclic) bond motifs is 1. The second-order valence-corrected chi connectivity index (χ2v) is 4.90. The lowest BCUT2D eigenvalue weighted by molar-refractivity contribution is -0.118. The fourth-order valence-corrected chi connectivity index (χ4v) is 1.72. The molecule has 98 valence electrons. The van der Waals surface area contributed by atoms with Crippen LogP contribution < -0.4 is 4.74 Å². The molecule has 0 aliphatic carbocycles. The topological polar surface area (TPSA) is 43.4 Å². The molecule has 1 aliphatic heterocycles. The maximum absolute atomic E-state index is 11.6. The molecule has 0 bridgehead atoms. The van der Waals surface area contributed by atoms with Crippen LogP contribution in [-0.2, 0) is 4.79 Å². The minimum Gasteiger partial charge on any atom is -0.480 e. The van der Waals surface area contributed by atoms with Gasteiger partial charge in [-0.25, -0.2) is 0 Å². The van der Waals surface area contributed by atoms with Crippen molar-refractivity contribution >= 4 is 57.4 Å². The predicted molar refractivity (Wildman–Crippen MR) is 72.2 cm³/mol. The zero-order valence-electron chi connectivity index (χ0n) is 8.96. The number of carbonyl (C=O) groups is 2. The summed E-state index contributed by atoms with van der Waals surface area (Å²) >= 11 is 20.5. The summed E-state index contributed by atoms with van der Waals surface area (Å²) in [6.07, 6.45) is -0.914. The van der Waals surface area contributed by atoms with Gasteiger partial charge in [-0.1, -0.05) is 11.6 Å². The van der Waals surface area contributed by atoms with E-state index in [2.05, 4.69) is 0 Å². The Morgan fingerprint density at radius 2 is 2.00 bits per heavy atom. The van der Waals surface area contributed by atoms with Crippen molar-refractivity contribution in [1.82, 2.24) is 0 Å². The number of carbonyl (C=O) groups excluding carboxylic acids is 2. The quantitative estimate of drug-likeness (QED) is 0.580. The van der Waals surface area contributed by atoms with Crippen molar-refractivity contribution in [1.29, 1.82) is 0 Å². The Morgan fingerprint density at radius 3 is 2.56 bits per heavy atom. The van der Waals surface area contributed by atoms with E-state index in [1.54, 1.807) is 12.1 Å². The van der Waals surface area contributed by atoms with E-state index in [0.29, 0.717) is 16.3 Å². The number of rotatable bonds is 1. The first-order chi connectivity index (χ1) is 8.49. The number of Topliss-reactive ketones (excluding diaryl/α,β-unsaturated/α-hetero) is 1. The average molecular weight is 330 g/mol. The van der Waals surface area contributed by atoms with Crippen molar-refractivity contribution in [3.63, 3.8) is 0 Å². The van der Waals surface area contributed by atoms with Gasteiger partial charge in [-0.05, 0) is 29.8 Å². The lowest BCUT2D eigenvalue weighted by Gasteiger charge is -2.22. The standard InChI is InChI=1S/C10H6Cl2O3.CH2Cl2/c11-5-1-2-8-6(3-5)7(13)4-9(15-8)10(12)14;2-1-3/h1-3,9H,4H2;1H2. The van der Waals surface area contributed by atoms with Gasteiger partial charge in [0, 0.05) is 5.02 Å². The molecular formula is C11H8Cl4O3. The van der Waals surface area contributed by atoms with Gasteiger partial charge in [-0.15, -0.1) is 23.2 Å². The lowest BCUT2D eigenvalue weighted by Crippen LogP contribution is -2.31. The molecule has 1 aromatic carbocycles. The summed E-state index contributed by atoms with van der Waals surface area (Å²) in [5.41, 5.74) is 0.400. The Bertz CT molecular complexity index is 462. The summed E-state index contributed by atoms with van der Waals surface area (Å²) in [7, 11) is 0. The van der Waals surface area contributed by atoms with Gasteiger partial charge in [-0.3, -0.25) is 9.59 Å². The highest BCUT2D eigenvalue weighted by Gasteiger charge is 2.30. The van der Waals surface area contributed by atoms with Crippen LogP contribution >= 0.6 is 46.4 Å². The summed E-state index contributed by atoms with van der Waals surface area (Å²) in [6.45, 7) is 0. The van der Waals surface area contributed by atoms with E-state index in [9.17, 15) is 9.59 Å². The van der Waals surface area contributed by atoms with E-state index in [-0.39, 0.29) is 17.5 Å². The van der Waals surface area contributed by atoms with Crippen molar-refractivity contribution in [2.75, 3.05) is 5.34 Å². The molecular weight excluding hydrogens is 322 g/mol. The second-order valence-electron chi connectivity index (χ2n) is 3.28. The Balaban J connectivity index is 0.000000492. The SMILES string of the molecule is ClCCl.O=C1CC(C(=O)Cl)Oc2ccc(Cl)cc21. The van der Waals surface area contributed by atoms with Gasteiger partial charge in [0.2, 0.25) is 0 Å². The molecule has 0 aromatic heterocycles. The normalized spacial score (nSPS) is 17.1. The molecule has 7 heteroatoms. The van der Waals surface area contributed by atoms with E-state index in [1.165, 1.54) is 6.07 Å². The maximum atomic E-state index is 11.6. The summed E-state index contributed by atoms with van der Waals surface area (Å²) in [5.74, 6) is 0.174. The van der Waals surface area contributed by atoms with Gasteiger partial charge < -0.3 is 4.74 Å². The molecule has 18 heavy (non-hydrogen) atoms. The van der Waals surface area contributed by atoms with Crippen LogP contribution in [0.2, 0.25) is 5.02 Å². The van der Waals surface area contributed by atoms with Crippen molar-refractivity contribution in [3.05, 3.63) is 28.8 Å². The number of ketones is 1. The first kappa shape index (κ1) is 15.6. The molecule has 1 aromatic rings. The van der Waals surface area contributed by atoms with Crippen molar-refractivity contribution < 1.29 is 14.3 Å². The smallest absolute Gasteiger partial charge is 0.262 e. The van der Waals surface area contributed by atoms with Crippen molar-refractivity contribution in [3.8, 4) is 5.75 Å². The van der Waals surface area contributed by atoms with E-state index in [1.807, 2.05) is 0 Å². The number of benzene rings is 1. The van der Waals surface area contributed by atoms with Crippen molar-refractivity contribution in [2.24, 2.45) is 0 Å². The molecule has 0 amide bonds. The number of ether oxygens (including phenoxy) is 1. The van der Waals surface area contributed by atoms with Gasteiger partial charge in [0.1, 0.15) is 5.75 Å². The summed E-state index contributed by atoms with van der Waals surface area (Å²) in [4.78, 5) is 22.5. The molecule has 3 nitrogen and oxygen atoms in total. The lowest BCUT2D eigenvalue weighted by atomic mass is 10.0. The van der Waals surface area contributed by atoms with Gasteiger partial charge in [-0.2, -0.15) is 0 Å². The van der Waals surface area contributed by atoms with Crippen LogP contribution in [0.15, 0.2) is 18.2 Å². The molecule has 1 heterocycles. The van der Waals surface area contributed by atoms with Gasteiger partial charge in [0.25, 0.3) is 5.24 Å². The summed E-state index contributed by atoms with van der Waals surface area (Å²) in [5, 5.41) is -0.00898. The van der Waals surface area contributed by atoms with E-state index in [0.717, 1.165) is 0 Å². The first-order valence-electron chi connectivity index (χ1n) is 4.80. The van der Waals surface area contributed by atoms with Gasteiger partial charge in [0.15, 0.2) is 11.9 Å². The largest absolute Gasteiger partial charge is 0.480 e. The Labute approximate surface area is 124 Å². The van der Waals surface area contributed by atoms with Gasteiger partial charge in [0.05, 0.1) is 17.3 Å². The number of halogens is 4. The van der Waals surface area contributed by atoms with Crippen molar-refractivity contribution in [2.45, 2.75) is 12.5 Å². The zero-order valence-corrected chi connectivity index (χ0v) is 12.0. The molecule has 0 fully saturated rings. The molecule has 1 atom stereocenters. The number of hydrogen-bond acceptors (Lipinski definition) is 3. The summed E-state index contributed by atoms with van der Waals surface area (Å²) in [6, 6.07) is 4.67. The second kappa shape index (κ2) is 7.19. The molecule has 0 saturated heterocycles. The summed E-state index contributed by atoms with van der Waals surface area (Å²) < 4.78 is 5.26.